The fourth-order valence-corrected chi connectivity index (χ4v) is 4.13. The number of hydrogen-bond donors (Lipinski definition) is 0. The number of morpholine rings is 1. The summed E-state index contributed by atoms with van der Waals surface area (Å²) in [6, 6.07) is 8.46. The first-order valence-corrected chi connectivity index (χ1v) is 10.7. The van der Waals surface area contributed by atoms with Gasteiger partial charge >= 0.3 is 0 Å². The number of ether oxygens (including phenoxy) is 1. The lowest BCUT2D eigenvalue weighted by Gasteiger charge is -2.37. The van der Waals surface area contributed by atoms with Gasteiger partial charge in [0.15, 0.2) is 0 Å². The number of carbonyl (C=O) groups excluding carboxylic acids is 2. The number of amides is 2. The van der Waals surface area contributed by atoms with Crippen LogP contribution < -0.4 is 4.90 Å². The van der Waals surface area contributed by atoms with Crippen LogP contribution in [0.15, 0.2) is 24.3 Å². The Morgan fingerprint density at radius 3 is 2.38 bits per heavy atom. The smallest absolute Gasteiger partial charge is 0.227 e. The van der Waals surface area contributed by atoms with Crippen LogP contribution in [-0.4, -0.2) is 68.1 Å². The second kappa shape index (κ2) is 9.16. The molecule has 0 spiro atoms. The summed E-state index contributed by atoms with van der Waals surface area (Å²) in [6.45, 7) is 11.1. The molecule has 2 aliphatic heterocycles. The Hall–Kier alpha value is -2.08. The molecule has 2 saturated heterocycles. The zero-order valence-electron chi connectivity index (χ0n) is 18.3. The fraction of sp³-hybridized carbons (Fsp3) is 0.652. The number of nitrogens with zero attached hydrogens (tertiary/aromatic N) is 3. The summed E-state index contributed by atoms with van der Waals surface area (Å²) in [5.74, 6) is 0.165. The van der Waals surface area contributed by atoms with Crippen LogP contribution in [0.4, 0.5) is 5.69 Å². The summed E-state index contributed by atoms with van der Waals surface area (Å²) in [7, 11) is 1.86. The molecule has 1 atom stereocenters. The summed E-state index contributed by atoms with van der Waals surface area (Å²) in [5.41, 5.74) is 1.92. The van der Waals surface area contributed by atoms with Crippen LogP contribution in [0.1, 0.15) is 39.2 Å². The highest BCUT2D eigenvalue weighted by atomic mass is 16.5. The van der Waals surface area contributed by atoms with E-state index in [9.17, 15) is 9.59 Å². The highest BCUT2D eigenvalue weighted by Gasteiger charge is 2.34. The van der Waals surface area contributed by atoms with Gasteiger partial charge in [0.1, 0.15) is 0 Å². The van der Waals surface area contributed by atoms with E-state index in [-0.39, 0.29) is 17.7 Å². The molecule has 1 unspecified atom stereocenters. The summed E-state index contributed by atoms with van der Waals surface area (Å²) in [6.07, 6.45) is 1.74. The molecule has 3 rings (SSSR count). The quantitative estimate of drug-likeness (QED) is 0.779. The minimum atomic E-state index is -0.404. The average Bonchev–Trinajstić information content (AvgIpc) is 2.73. The molecule has 6 nitrogen and oxygen atoms in total. The molecule has 2 aliphatic rings. The number of anilines is 1. The van der Waals surface area contributed by atoms with Crippen LogP contribution in [0.5, 0.6) is 0 Å². The number of likely N-dealkylation sites (tertiary alicyclic amines) is 1. The zero-order valence-corrected chi connectivity index (χ0v) is 18.3. The van der Waals surface area contributed by atoms with Crippen LogP contribution in [0.2, 0.25) is 0 Å². The first-order chi connectivity index (χ1) is 13.8. The molecule has 0 N–H and O–H groups in total. The summed E-state index contributed by atoms with van der Waals surface area (Å²) in [5, 5.41) is 0. The van der Waals surface area contributed by atoms with E-state index in [1.165, 1.54) is 5.69 Å². The Morgan fingerprint density at radius 1 is 1.10 bits per heavy atom. The van der Waals surface area contributed by atoms with Crippen molar-refractivity contribution < 1.29 is 14.3 Å². The van der Waals surface area contributed by atoms with Gasteiger partial charge in [-0.3, -0.25) is 9.59 Å². The van der Waals surface area contributed by atoms with Crippen LogP contribution in [0.3, 0.4) is 0 Å². The van der Waals surface area contributed by atoms with Crippen molar-refractivity contribution in [2.45, 2.75) is 40.2 Å². The Bertz CT molecular complexity index is 705. The van der Waals surface area contributed by atoms with Crippen molar-refractivity contribution >= 4 is 17.5 Å². The Labute approximate surface area is 174 Å². The van der Waals surface area contributed by atoms with Gasteiger partial charge in [0.25, 0.3) is 0 Å². The molecule has 2 fully saturated rings. The minimum Gasteiger partial charge on any atom is -0.378 e. The number of carbonyl (C=O) groups is 2. The largest absolute Gasteiger partial charge is 0.378 e. The van der Waals surface area contributed by atoms with Gasteiger partial charge < -0.3 is 19.4 Å². The lowest BCUT2D eigenvalue weighted by Crippen LogP contribution is -2.48. The van der Waals surface area contributed by atoms with E-state index in [0.29, 0.717) is 13.1 Å². The normalized spacial score (nSPS) is 20.5. The molecule has 6 heteroatoms. The molecule has 0 aromatic heterocycles. The van der Waals surface area contributed by atoms with Crippen molar-refractivity contribution in [2.75, 3.05) is 51.3 Å². The third kappa shape index (κ3) is 5.50. The van der Waals surface area contributed by atoms with E-state index in [1.807, 2.05) is 32.7 Å². The molecular weight excluding hydrogens is 366 g/mol. The van der Waals surface area contributed by atoms with Crippen molar-refractivity contribution in [3.05, 3.63) is 29.8 Å². The fourth-order valence-electron chi connectivity index (χ4n) is 4.13. The van der Waals surface area contributed by atoms with Gasteiger partial charge in [0, 0.05) is 50.9 Å². The topological polar surface area (TPSA) is 53.1 Å². The Morgan fingerprint density at radius 2 is 1.76 bits per heavy atom. The first-order valence-electron chi connectivity index (χ1n) is 10.7. The lowest BCUT2D eigenvalue weighted by molar-refractivity contribution is -0.145. The SMILES string of the molecule is CN(Cc1ccc(N2CCOCC2)cc1)C(=O)C1CCCN(C(=O)C(C)(C)C)C1. The predicted octanol–water partition coefficient (Wildman–Crippen LogP) is 2.77. The number of hydrogen-bond acceptors (Lipinski definition) is 4. The molecule has 1 aromatic carbocycles. The molecule has 2 heterocycles. The predicted molar refractivity (Wildman–Crippen MR) is 115 cm³/mol. The zero-order chi connectivity index (χ0) is 21.0. The first kappa shape index (κ1) is 21.6. The molecule has 160 valence electrons. The van der Waals surface area contributed by atoms with Crippen molar-refractivity contribution in [1.82, 2.24) is 9.80 Å². The Kier molecular flexibility index (Phi) is 6.83. The maximum Gasteiger partial charge on any atom is 0.227 e. The molecule has 0 saturated carbocycles. The van der Waals surface area contributed by atoms with Gasteiger partial charge in [-0.25, -0.2) is 0 Å². The maximum absolute atomic E-state index is 13.0. The third-order valence-electron chi connectivity index (χ3n) is 5.81. The van der Waals surface area contributed by atoms with E-state index in [4.69, 9.17) is 4.74 Å². The number of piperidine rings is 1. The van der Waals surface area contributed by atoms with Crippen molar-refractivity contribution in [2.24, 2.45) is 11.3 Å². The van der Waals surface area contributed by atoms with Crippen LogP contribution in [0, 0.1) is 11.3 Å². The van der Waals surface area contributed by atoms with Gasteiger partial charge in [-0.1, -0.05) is 32.9 Å². The molecule has 2 amide bonds. The van der Waals surface area contributed by atoms with Crippen LogP contribution in [0.25, 0.3) is 0 Å². The second-order valence-electron chi connectivity index (χ2n) is 9.30. The van der Waals surface area contributed by atoms with Crippen LogP contribution in [-0.2, 0) is 20.9 Å². The van der Waals surface area contributed by atoms with Crippen molar-refractivity contribution in [3.63, 3.8) is 0 Å². The van der Waals surface area contributed by atoms with Gasteiger partial charge in [0.05, 0.1) is 19.1 Å². The average molecular weight is 402 g/mol. The summed E-state index contributed by atoms with van der Waals surface area (Å²) in [4.78, 5) is 31.6. The second-order valence-corrected chi connectivity index (χ2v) is 9.30. The van der Waals surface area contributed by atoms with Gasteiger partial charge in [-0.15, -0.1) is 0 Å². The van der Waals surface area contributed by atoms with Crippen molar-refractivity contribution in [1.29, 1.82) is 0 Å². The molecule has 1 aromatic rings. The number of rotatable bonds is 4. The van der Waals surface area contributed by atoms with E-state index >= 15 is 0 Å². The monoisotopic (exact) mass is 401 g/mol. The molecular formula is C23H35N3O3. The van der Waals surface area contributed by atoms with Gasteiger partial charge in [0.2, 0.25) is 11.8 Å². The summed E-state index contributed by atoms with van der Waals surface area (Å²) >= 11 is 0. The minimum absolute atomic E-state index is 0.104. The van der Waals surface area contributed by atoms with Crippen molar-refractivity contribution in [3.8, 4) is 0 Å². The van der Waals surface area contributed by atoms with E-state index in [0.717, 1.165) is 51.3 Å². The highest BCUT2D eigenvalue weighted by Crippen LogP contribution is 2.25. The van der Waals surface area contributed by atoms with Gasteiger partial charge in [-0.2, -0.15) is 0 Å². The standard InChI is InChI=1S/C23H35N3O3/c1-23(2,3)22(28)26-11-5-6-19(17-26)21(27)24(4)16-18-7-9-20(10-8-18)25-12-14-29-15-13-25/h7-10,19H,5-6,11-17H2,1-4H3. The lowest BCUT2D eigenvalue weighted by atomic mass is 9.90. The Balaban J connectivity index is 1.56. The molecule has 0 bridgehead atoms. The van der Waals surface area contributed by atoms with Crippen LogP contribution >= 0.6 is 0 Å². The molecule has 29 heavy (non-hydrogen) atoms. The third-order valence-corrected chi connectivity index (χ3v) is 5.81. The van der Waals surface area contributed by atoms with E-state index < -0.39 is 5.41 Å². The molecule has 0 aliphatic carbocycles. The van der Waals surface area contributed by atoms with E-state index in [2.05, 4.69) is 29.2 Å². The highest BCUT2D eigenvalue weighted by molar-refractivity contribution is 5.83. The van der Waals surface area contributed by atoms with Gasteiger partial charge in [-0.05, 0) is 30.5 Å². The summed E-state index contributed by atoms with van der Waals surface area (Å²) < 4.78 is 5.41. The number of benzene rings is 1. The maximum atomic E-state index is 13.0. The van der Waals surface area contributed by atoms with E-state index in [1.54, 1.807) is 4.90 Å². The molecule has 0 radical (unpaired) electrons.